The Kier molecular flexibility index (Phi) is 6.64. The van der Waals surface area contributed by atoms with E-state index in [0.717, 1.165) is 29.9 Å². The van der Waals surface area contributed by atoms with Crippen molar-refractivity contribution in [1.82, 2.24) is 14.1 Å². The Labute approximate surface area is 158 Å². The van der Waals surface area contributed by atoms with Crippen molar-refractivity contribution in [1.29, 1.82) is 0 Å². The van der Waals surface area contributed by atoms with E-state index in [4.69, 9.17) is 0 Å². The fourth-order valence-corrected chi connectivity index (χ4v) is 4.41. The molecule has 0 saturated heterocycles. The first-order valence-corrected chi connectivity index (χ1v) is 10.7. The van der Waals surface area contributed by atoms with Gasteiger partial charge in [0.05, 0.1) is 10.6 Å². The van der Waals surface area contributed by atoms with Gasteiger partial charge in [0.25, 0.3) is 0 Å². The molecule has 0 radical (unpaired) electrons. The highest BCUT2D eigenvalue weighted by Gasteiger charge is 2.21. The molecule has 0 aliphatic carbocycles. The van der Waals surface area contributed by atoms with Crippen LogP contribution in [0.15, 0.2) is 29.2 Å². The molecule has 1 heterocycles. The van der Waals surface area contributed by atoms with Crippen molar-refractivity contribution >= 4 is 10.0 Å². The second-order valence-corrected chi connectivity index (χ2v) is 9.33. The normalized spacial score (nSPS) is 12.3. The molecule has 0 saturated carbocycles. The van der Waals surface area contributed by atoms with Gasteiger partial charge in [-0.05, 0) is 62.8 Å². The van der Waals surface area contributed by atoms with E-state index in [-0.39, 0.29) is 0 Å². The summed E-state index contributed by atoms with van der Waals surface area (Å²) in [6.45, 7) is 11.7. The molecule has 5 nitrogen and oxygen atoms in total. The van der Waals surface area contributed by atoms with Crippen molar-refractivity contribution in [3.8, 4) is 0 Å². The van der Waals surface area contributed by atoms with Crippen molar-refractivity contribution in [3.63, 3.8) is 0 Å². The number of aromatic nitrogens is 2. The fraction of sp³-hybridized carbons (Fsp3) is 0.550. The maximum atomic E-state index is 12.8. The quantitative estimate of drug-likeness (QED) is 0.706. The van der Waals surface area contributed by atoms with E-state index in [9.17, 15) is 8.42 Å². The Morgan fingerprint density at radius 2 is 1.77 bits per heavy atom. The highest BCUT2D eigenvalue weighted by molar-refractivity contribution is 7.89. The van der Waals surface area contributed by atoms with Gasteiger partial charge < -0.3 is 0 Å². The lowest BCUT2D eigenvalue weighted by atomic mass is 10.0. The highest BCUT2D eigenvalue weighted by atomic mass is 32.2. The molecular weight excluding hydrogens is 346 g/mol. The first-order chi connectivity index (χ1) is 12.2. The van der Waals surface area contributed by atoms with Crippen LogP contribution in [0.25, 0.3) is 0 Å². The number of nitrogens with zero attached hydrogens (tertiary/aromatic N) is 3. The summed E-state index contributed by atoms with van der Waals surface area (Å²) in [5.74, 6) is 0.552. The van der Waals surface area contributed by atoms with Crippen LogP contribution in [0.2, 0.25) is 0 Å². The zero-order valence-corrected chi connectivity index (χ0v) is 17.6. The molecule has 6 heteroatoms. The van der Waals surface area contributed by atoms with Crippen LogP contribution in [-0.4, -0.2) is 36.1 Å². The van der Waals surface area contributed by atoms with Crippen LogP contribution in [0.3, 0.4) is 0 Å². The maximum absolute atomic E-state index is 12.8. The molecule has 0 aliphatic heterocycles. The number of sulfonamides is 1. The van der Waals surface area contributed by atoms with E-state index in [1.54, 1.807) is 19.2 Å². The van der Waals surface area contributed by atoms with Gasteiger partial charge in [-0.3, -0.25) is 4.68 Å². The van der Waals surface area contributed by atoms with Crippen LogP contribution in [0, 0.1) is 19.8 Å². The summed E-state index contributed by atoms with van der Waals surface area (Å²) in [7, 11) is -1.83. The number of likely N-dealkylation sites (N-methyl/N-ethyl adjacent to an activating group) is 1. The molecule has 1 aromatic heterocycles. The summed E-state index contributed by atoms with van der Waals surface area (Å²) in [5.41, 5.74) is 4.41. The zero-order chi connectivity index (χ0) is 19.5. The lowest BCUT2D eigenvalue weighted by Crippen LogP contribution is -2.29. The molecule has 0 aliphatic rings. The van der Waals surface area contributed by atoms with Crippen LogP contribution in [0.5, 0.6) is 0 Å². The zero-order valence-electron chi connectivity index (χ0n) is 16.8. The van der Waals surface area contributed by atoms with Gasteiger partial charge in [-0.2, -0.15) is 5.10 Å². The molecule has 0 unspecified atom stereocenters. The second kappa shape index (κ2) is 8.35. The predicted octanol–water partition coefficient (Wildman–Crippen LogP) is 3.58. The van der Waals surface area contributed by atoms with E-state index >= 15 is 0 Å². The Bertz CT molecular complexity index is 837. The van der Waals surface area contributed by atoms with Crippen molar-refractivity contribution < 1.29 is 8.42 Å². The van der Waals surface area contributed by atoms with Gasteiger partial charge in [0.1, 0.15) is 0 Å². The Morgan fingerprint density at radius 1 is 1.15 bits per heavy atom. The molecule has 0 atom stereocenters. The number of hydrogen-bond acceptors (Lipinski definition) is 3. The number of hydrogen-bond donors (Lipinski definition) is 0. The smallest absolute Gasteiger partial charge is 0.242 e. The van der Waals surface area contributed by atoms with E-state index < -0.39 is 10.0 Å². The van der Waals surface area contributed by atoms with Crippen molar-refractivity contribution in [3.05, 3.63) is 46.8 Å². The SMILES string of the molecule is CCn1nc(C)c(CCN(C)S(=O)(=O)c2ccc(CC(C)C)cc2)c1C. The molecule has 26 heavy (non-hydrogen) atoms. The molecule has 0 N–H and O–H groups in total. The minimum absolute atomic E-state index is 0.352. The first-order valence-electron chi connectivity index (χ1n) is 9.25. The summed E-state index contributed by atoms with van der Waals surface area (Å²) in [4.78, 5) is 0.352. The molecule has 1 aromatic carbocycles. The third-order valence-electron chi connectivity index (χ3n) is 4.78. The van der Waals surface area contributed by atoms with Gasteiger partial charge in [-0.25, -0.2) is 12.7 Å². The van der Waals surface area contributed by atoms with Gasteiger partial charge in [0.15, 0.2) is 0 Å². The van der Waals surface area contributed by atoms with Crippen molar-refractivity contribution in [2.24, 2.45) is 5.92 Å². The summed E-state index contributed by atoms with van der Waals surface area (Å²) in [6, 6.07) is 7.27. The summed E-state index contributed by atoms with van der Waals surface area (Å²) in [6.07, 6.45) is 1.62. The Balaban J connectivity index is 2.10. The minimum atomic E-state index is -3.47. The summed E-state index contributed by atoms with van der Waals surface area (Å²) < 4.78 is 29.0. The van der Waals surface area contributed by atoms with Crippen LogP contribution in [0.1, 0.15) is 43.3 Å². The lowest BCUT2D eigenvalue weighted by molar-refractivity contribution is 0.471. The fourth-order valence-electron chi connectivity index (χ4n) is 3.24. The molecule has 0 bridgehead atoms. The molecule has 2 aromatic rings. The lowest BCUT2D eigenvalue weighted by Gasteiger charge is -2.18. The summed E-state index contributed by atoms with van der Waals surface area (Å²) >= 11 is 0. The number of benzene rings is 1. The number of aryl methyl sites for hydroxylation is 2. The van der Waals surface area contributed by atoms with Gasteiger partial charge >= 0.3 is 0 Å². The standard InChI is InChI=1S/C20H31N3O2S/c1-7-23-17(5)20(16(4)21-23)12-13-22(6)26(24,25)19-10-8-18(9-11-19)14-15(2)3/h8-11,15H,7,12-14H2,1-6H3. The third-order valence-corrected chi connectivity index (χ3v) is 6.65. The third kappa shape index (κ3) is 4.54. The summed E-state index contributed by atoms with van der Waals surface area (Å²) in [5, 5.41) is 4.51. The molecule has 0 amide bonds. The van der Waals surface area contributed by atoms with Gasteiger partial charge in [-0.15, -0.1) is 0 Å². The van der Waals surface area contributed by atoms with Gasteiger partial charge in [-0.1, -0.05) is 26.0 Å². The molecule has 144 valence electrons. The van der Waals surface area contributed by atoms with Crippen LogP contribution in [-0.2, 0) is 29.4 Å². The van der Waals surface area contributed by atoms with Crippen LogP contribution in [0.4, 0.5) is 0 Å². The van der Waals surface area contributed by atoms with Gasteiger partial charge in [0.2, 0.25) is 10.0 Å². The van der Waals surface area contributed by atoms with Gasteiger partial charge in [0, 0.05) is 25.8 Å². The monoisotopic (exact) mass is 377 g/mol. The first kappa shape index (κ1) is 20.6. The average Bonchev–Trinajstić information content (AvgIpc) is 2.86. The molecular formula is C20H31N3O2S. The highest BCUT2D eigenvalue weighted by Crippen LogP contribution is 2.19. The Hall–Kier alpha value is -1.66. The predicted molar refractivity (Wildman–Crippen MR) is 106 cm³/mol. The topological polar surface area (TPSA) is 55.2 Å². The van der Waals surface area contributed by atoms with E-state index in [2.05, 4.69) is 25.9 Å². The van der Waals surface area contributed by atoms with Crippen LogP contribution < -0.4 is 0 Å². The average molecular weight is 378 g/mol. The Morgan fingerprint density at radius 3 is 2.27 bits per heavy atom. The van der Waals surface area contributed by atoms with Crippen molar-refractivity contribution in [2.75, 3.05) is 13.6 Å². The maximum Gasteiger partial charge on any atom is 0.242 e. The van der Waals surface area contributed by atoms with E-state index in [1.807, 2.05) is 30.7 Å². The number of rotatable bonds is 8. The second-order valence-electron chi connectivity index (χ2n) is 7.28. The molecule has 0 fully saturated rings. The van der Waals surface area contributed by atoms with E-state index in [0.29, 0.717) is 23.8 Å². The van der Waals surface area contributed by atoms with Crippen LogP contribution >= 0.6 is 0 Å². The minimum Gasteiger partial charge on any atom is -0.270 e. The van der Waals surface area contributed by atoms with E-state index in [1.165, 1.54) is 9.87 Å². The molecule has 0 spiro atoms. The van der Waals surface area contributed by atoms with Crippen molar-refractivity contribution in [2.45, 2.75) is 58.9 Å². The molecule has 2 rings (SSSR count). The largest absolute Gasteiger partial charge is 0.270 e.